The second-order valence-corrected chi connectivity index (χ2v) is 5.58. The number of pyridine rings is 1. The van der Waals surface area contributed by atoms with Crippen molar-refractivity contribution in [3.8, 4) is 11.8 Å². The number of nitrogens with one attached hydrogen (secondary N) is 1. The summed E-state index contributed by atoms with van der Waals surface area (Å²) in [7, 11) is 0. The standard InChI is InChI=1S/C15H22N4O2/c1-10-11(9-19-13(17)12(10)16)7-5-6-8-18-14(20)21-15(2,3)4/h9H,6,8,16H2,1-4H3,(H2,17,19)(H,18,20). The highest BCUT2D eigenvalue weighted by atomic mass is 16.6. The van der Waals surface area contributed by atoms with Gasteiger partial charge in [0, 0.05) is 24.7 Å². The van der Waals surface area contributed by atoms with Gasteiger partial charge in [0.05, 0.1) is 5.69 Å². The second kappa shape index (κ2) is 6.84. The maximum absolute atomic E-state index is 11.4. The van der Waals surface area contributed by atoms with Gasteiger partial charge in [-0.25, -0.2) is 9.78 Å². The minimum absolute atomic E-state index is 0.310. The van der Waals surface area contributed by atoms with Crippen molar-refractivity contribution in [1.29, 1.82) is 0 Å². The van der Waals surface area contributed by atoms with Crippen LogP contribution in [0.3, 0.4) is 0 Å². The number of carbonyl (C=O) groups excluding carboxylic acids is 1. The quantitative estimate of drug-likeness (QED) is 0.569. The first-order chi connectivity index (χ1) is 9.70. The Morgan fingerprint density at radius 2 is 2.10 bits per heavy atom. The molecule has 1 aromatic rings. The summed E-state index contributed by atoms with van der Waals surface area (Å²) in [5, 5.41) is 2.64. The van der Waals surface area contributed by atoms with Gasteiger partial charge in [0.1, 0.15) is 11.4 Å². The van der Waals surface area contributed by atoms with Crippen molar-refractivity contribution >= 4 is 17.6 Å². The van der Waals surface area contributed by atoms with Crippen molar-refractivity contribution in [2.45, 2.75) is 39.7 Å². The lowest BCUT2D eigenvalue weighted by Gasteiger charge is -2.19. The maximum atomic E-state index is 11.4. The number of carbonyl (C=O) groups is 1. The monoisotopic (exact) mass is 290 g/mol. The number of alkyl carbamates (subject to hydrolysis) is 1. The molecule has 1 rings (SSSR count). The highest BCUT2D eigenvalue weighted by Crippen LogP contribution is 2.19. The molecular weight excluding hydrogens is 268 g/mol. The second-order valence-electron chi connectivity index (χ2n) is 5.58. The molecule has 5 N–H and O–H groups in total. The van der Waals surface area contributed by atoms with Crippen molar-refractivity contribution in [3.63, 3.8) is 0 Å². The number of aromatic nitrogens is 1. The Labute approximate surface area is 125 Å². The Bertz CT molecular complexity index is 580. The van der Waals surface area contributed by atoms with E-state index in [4.69, 9.17) is 16.2 Å². The fourth-order valence-electron chi connectivity index (χ4n) is 1.46. The molecule has 0 bridgehead atoms. The summed E-state index contributed by atoms with van der Waals surface area (Å²) in [6, 6.07) is 0. The fourth-order valence-corrected chi connectivity index (χ4v) is 1.46. The van der Waals surface area contributed by atoms with E-state index >= 15 is 0 Å². The largest absolute Gasteiger partial charge is 0.444 e. The van der Waals surface area contributed by atoms with Gasteiger partial charge in [-0.3, -0.25) is 0 Å². The lowest BCUT2D eigenvalue weighted by Crippen LogP contribution is -2.32. The predicted octanol–water partition coefficient (Wildman–Crippen LogP) is 1.82. The minimum Gasteiger partial charge on any atom is -0.444 e. The first kappa shape index (κ1) is 16.6. The van der Waals surface area contributed by atoms with Crippen molar-refractivity contribution in [3.05, 3.63) is 17.3 Å². The van der Waals surface area contributed by atoms with Gasteiger partial charge in [-0.15, -0.1) is 0 Å². The minimum atomic E-state index is -0.500. The summed E-state index contributed by atoms with van der Waals surface area (Å²) < 4.78 is 5.11. The molecule has 0 aromatic carbocycles. The molecular formula is C15H22N4O2. The van der Waals surface area contributed by atoms with Gasteiger partial charge in [0.25, 0.3) is 0 Å². The van der Waals surface area contributed by atoms with Gasteiger partial charge in [0.15, 0.2) is 0 Å². The molecule has 1 aromatic heterocycles. The third kappa shape index (κ3) is 5.61. The number of nitrogens with zero attached hydrogens (tertiary/aromatic N) is 1. The predicted molar refractivity (Wildman–Crippen MR) is 83.5 cm³/mol. The number of amides is 1. The van der Waals surface area contributed by atoms with Gasteiger partial charge in [-0.2, -0.15) is 0 Å². The Morgan fingerprint density at radius 1 is 1.43 bits per heavy atom. The van der Waals surface area contributed by atoms with Crippen LogP contribution in [0, 0.1) is 18.8 Å². The van der Waals surface area contributed by atoms with Crippen LogP contribution in [0.4, 0.5) is 16.3 Å². The zero-order chi connectivity index (χ0) is 16.0. The van der Waals surface area contributed by atoms with Crippen LogP contribution in [0.2, 0.25) is 0 Å². The number of nitrogens with two attached hydrogens (primary N) is 2. The Balaban J connectivity index is 2.48. The Hall–Kier alpha value is -2.42. The van der Waals surface area contributed by atoms with E-state index in [0.29, 0.717) is 24.5 Å². The van der Waals surface area contributed by atoms with Gasteiger partial charge < -0.3 is 21.5 Å². The summed E-state index contributed by atoms with van der Waals surface area (Å²) in [5.41, 5.74) is 12.9. The van der Waals surface area contributed by atoms with Crippen LogP contribution in [0.5, 0.6) is 0 Å². The number of hydrogen-bond acceptors (Lipinski definition) is 5. The number of anilines is 2. The molecule has 0 aliphatic heterocycles. The lowest BCUT2D eigenvalue weighted by molar-refractivity contribution is 0.0529. The first-order valence-corrected chi connectivity index (χ1v) is 6.67. The number of hydrogen-bond donors (Lipinski definition) is 3. The van der Waals surface area contributed by atoms with E-state index < -0.39 is 11.7 Å². The third-order valence-corrected chi connectivity index (χ3v) is 2.56. The average Bonchev–Trinajstić information content (AvgIpc) is 2.36. The number of rotatable bonds is 2. The van der Waals surface area contributed by atoms with Gasteiger partial charge >= 0.3 is 6.09 Å². The fraction of sp³-hybridized carbons (Fsp3) is 0.467. The van der Waals surface area contributed by atoms with Crippen molar-refractivity contribution < 1.29 is 9.53 Å². The molecule has 0 aliphatic carbocycles. The van der Waals surface area contributed by atoms with E-state index in [0.717, 1.165) is 11.1 Å². The molecule has 0 unspecified atom stereocenters. The average molecular weight is 290 g/mol. The van der Waals surface area contributed by atoms with E-state index in [1.54, 1.807) is 6.20 Å². The first-order valence-electron chi connectivity index (χ1n) is 6.67. The van der Waals surface area contributed by atoms with E-state index in [2.05, 4.69) is 22.1 Å². The molecule has 0 aliphatic rings. The third-order valence-electron chi connectivity index (χ3n) is 2.56. The van der Waals surface area contributed by atoms with Crippen LogP contribution in [0.25, 0.3) is 0 Å². The molecule has 0 fully saturated rings. The number of ether oxygens (including phenoxy) is 1. The maximum Gasteiger partial charge on any atom is 0.407 e. The van der Waals surface area contributed by atoms with Crippen LogP contribution < -0.4 is 16.8 Å². The highest BCUT2D eigenvalue weighted by Gasteiger charge is 2.15. The molecule has 6 heteroatoms. The topological polar surface area (TPSA) is 103 Å². The molecule has 0 saturated heterocycles. The van der Waals surface area contributed by atoms with Crippen LogP contribution in [0.15, 0.2) is 6.20 Å². The van der Waals surface area contributed by atoms with Gasteiger partial charge in [-0.1, -0.05) is 11.8 Å². The van der Waals surface area contributed by atoms with E-state index in [-0.39, 0.29) is 0 Å². The molecule has 0 radical (unpaired) electrons. The smallest absolute Gasteiger partial charge is 0.407 e. The Kier molecular flexibility index (Phi) is 5.42. The molecule has 0 saturated carbocycles. The van der Waals surface area contributed by atoms with Crippen molar-refractivity contribution in [2.24, 2.45) is 0 Å². The Morgan fingerprint density at radius 3 is 2.71 bits per heavy atom. The van der Waals surface area contributed by atoms with Crippen LogP contribution in [-0.4, -0.2) is 23.2 Å². The molecule has 6 nitrogen and oxygen atoms in total. The van der Waals surface area contributed by atoms with Gasteiger partial charge in [-0.05, 0) is 33.3 Å². The van der Waals surface area contributed by atoms with Gasteiger partial charge in [0.2, 0.25) is 0 Å². The summed E-state index contributed by atoms with van der Waals surface area (Å²) in [6.07, 6.45) is 1.65. The van der Waals surface area contributed by atoms with Crippen LogP contribution in [0.1, 0.15) is 38.3 Å². The molecule has 1 heterocycles. The molecule has 0 atom stereocenters. The van der Waals surface area contributed by atoms with E-state index in [1.165, 1.54) is 0 Å². The zero-order valence-electron chi connectivity index (χ0n) is 12.9. The van der Waals surface area contributed by atoms with Crippen molar-refractivity contribution in [2.75, 3.05) is 18.0 Å². The summed E-state index contributed by atoms with van der Waals surface area (Å²) in [6.45, 7) is 7.70. The van der Waals surface area contributed by atoms with Crippen LogP contribution >= 0.6 is 0 Å². The summed E-state index contributed by atoms with van der Waals surface area (Å²) in [5.74, 6) is 6.22. The van der Waals surface area contributed by atoms with E-state index in [9.17, 15) is 4.79 Å². The van der Waals surface area contributed by atoms with Crippen LogP contribution in [-0.2, 0) is 4.74 Å². The van der Waals surface area contributed by atoms with Crippen molar-refractivity contribution in [1.82, 2.24) is 10.3 Å². The molecule has 21 heavy (non-hydrogen) atoms. The molecule has 0 spiro atoms. The number of nitrogen functional groups attached to an aromatic ring is 2. The normalized spacial score (nSPS) is 10.5. The molecule has 114 valence electrons. The van der Waals surface area contributed by atoms with E-state index in [1.807, 2.05) is 27.7 Å². The lowest BCUT2D eigenvalue weighted by atomic mass is 10.1. The SMILES string of the molecule is Cc1c(C#CCCNC(=O)OC(C)(C)C)cnc(N)c1N. The highest BCUT2D eigenvalue weighted by molar-refractivity contribution is 5.68. The summed E-state index contributed by atoms with van der Waals surface area (Å²) in [4.78, 5) is 15.4. The zero-order valence-corrected chi connectivity index (χ0v) is 12.9. The molecule has 1 amide bonds. The summed E-state index contributed by atoms with van der Waals surface area (Å²) >= 11 is 0.